The van der Waals surface area contributed by atoms with Gasteiger partial charge in [-0.1, -0.05) is 13.3 Å². The third-order valence-electron chi connectivity index (χ3n) is 4.76. The number of methoxy groups -OCH3 is 1. The molecule has 0 spiro atoms. The average molecular weight is 348 g/mol. The number of nitrogens with zero attached hydrogens (tertiary/aromatic N) is 1. The van der Waals surface area contributed by atoms with Gasteiger partial charge in [0.1, 0.15) is 0 Å². The van der Waals surface area contributed by atoms with Crippen molar-refractivity contribution < 1.29 is 19.2 Å². The molecule has 0 aromatic heterocycles. The fraction of sp³-hybridized carbons (Fsp3) is 0.579. The molecule has 6 heteroatoms. The van der Waals surface area contributed by atoms with Crippen molar-refractivity contribution in [1.29, 1.82) is 0 Å². The second kappa shape index (κ2) is 9.42. The van der Waals surface area contributed by atoms with Gasteiger partial charge in [-0.15, -0.1) is 0 Å². The minimum absolute atomic E-state index is 0.0112. The van der Waals surface area contributed by atoms with E-state index in [1.54, 1.807) is 17.0 Å². The molecule has 0 radical (unpaired) electrons. The molecule has 1 heterocycles. The Labute approximate surface area is 150 Å². The average Bonchev–Trinajstić information content (AvgIpc) is 2.65. The molecule has 1 fully saturated rings. The van der Waals surface area contributed by atoms with E-state index < -0.39 is 5.97 Å². The van der Waals surface area contributed by atoms with Gasteiger partial charge >= 0.3 is 5.97 Å². The maximum absolute atomic E-state index is 12.2. The molecule has 0 aliphatic carbocycles. The van der Waals surface area contributed by atoms with Gasteiger partial charge < -0.3 is 19.9 Å². The number of piperazine rings is 1. The Balaban J connectivity index is 2.21. The van der Waals surface area contributed by atoms with Gasteiger partial charge in [-0.2, -0.15) is 0 Å². The molecule has 0 bridgehead atoms. The molecule has 0 atom stereocenters. The molecule has 1 aliphatic heterocycles. The molecule has 1 aliphatic rings. The van der Waals surface area contributed by atoms with E-state index in [0.29, 0.717) is 17.7 Å². The van der Waals surface area contributed by atoms with E-state index in [2.05, 4.69) is 24.1 Å². The molecule has 1 aromatic carbocycles. The van der Waals surface area contributed by atoms with Crippen LogP contribution in [0.1, 0.15) is 43.5 Å². The molecule has 1 aromatic rings. The normalized spacial score (nSPS) is 15.1. The number of hydrogen-bond donors (Lipinski definition) is 2. The molecule has 0 unspecified atom stereocenters. The highest BCUT2D eigenvalue weighted by molar-refractivity contribution is 5.98. The first-order valence-corrected chi connectivity index (χ1v) is 9.19. The van der Waals surface area contributed by atoms with Crippen molar-refractivity contribution in [2.75, 3.05) is 50.1 Å². The summed E-state index contributed by atoms with van der Waals surface area (Å²) in [6, 6.07) is 5.41. The monoisotopic (exact) mass is 348 g/mol. The lowest BCUT2D eigenvalue weighted by Crippen LogP contribution is -3.14. The summed E-state index contributed by atoms with van der Waals surface area (Å²) in [7, 11) is 1.36. The number of benzene rings is 1. The smallest absolute Gasteiger partial charge is 0.337 e. The van der Waals surface area contributed by atoms with Crippen molar-refractivity contribution in [3.8, 4) is 0 Å². The number of quaternary nitrogens is 1. The van der Waals surface area contributed by atoms with Crippen LogP contribution < -0.4 is 15.1 Å². The quantitative estimate of drug-likeness (QED) is 0.730. The van der Waals surface area contributed by atoms with Gasteiger partial charge in [0, 0.05) is 6.42 Å². The minimum atomic E-state index is -0.393. The predicted octanol–water partition coefficient (Wildman–Crippen LogP) is 1.33. The number of carbonyl (C=O) groups is 2. The Morgan fingerprint density at radius 2 is 1.96 bits per heavy atom. The predicted molar refractivity (Wildman–Crippen MR) is 99.4 cm³/mol. The minimum Gasteiger partial charge on any atom is -0.465 e. The largest absolute Gasteiger partial charge is 0.465 e. The fourth-order valence-corrected chi connectivity index (χ4v) is 3.12. The van der Waals surface area contributed by atoms with E-state index in [-0.39, 0.29) is 5.91 Å². The van der Waals surface area contributed by atoms with Gasteiger partial charge in [0.25, 0.3) is 0 Å². The highest BCUT2D eigenvalue weighted by Gasteiger charge is 2.22. The molecule has 1 saturated heterocycles. The summed E-state index contributed by atoms with van der Waals surface area (Å²) >= 11 is 0. The first kappa shape index (κ1) is 19.2. The number of esters is 1. The Morgan fingerprint density at radius 3 is 2.56 bits per heavy atom. The van der Waals surface area contributed by atoms with E-state index in [1.807, 2.05) is 6.07 Å². The lowest BCUT2D eigenvalue weighted by atomic mass is 10.1. The maximum atomic E-state index is 12.2. The van der Waals surface area contributed by atoms with Crippen molar-refractivity contribution in [2.45, 2.75) is 33.1 Å². The molecular formula is C19H30N3O3+. The Hall–Kier alpha value is -2.08. The van der Waals surface area contributed by atoms with Gasteiger partial charge in [0.15, 0.2) is 0 Å². The highest BCUT2D eigenvalue weighted by Crippen LogP contribution is 2.28. The van der Waals surface area contributed by atoms with Crippen molar-refractivity contribution in [3.63, 3.8) is 0 Å². The van der Waals surface area contributed by atoms with Gasteiger partial charge in [-0.25, -0.2) is 4.79 Å². The maximum Gasteiger partial charge on any atom is 0.337 e. The first-order valence-electron chi connectivity index (χ1n) is 9.19. The summed E-state index contributed by atoms with van der Waals surface area (Å²) in [5, 5.41) is 2.99. The van der Waals surface area contributed by atoms with Crippen LogP contribution in [0.3, 0.4) is 0 Å². The number of amides is 1. The van der Waals surface area contributed by atoms with Crippen LogP contribution in [0.2, 0.25) is 0 Å². The first-order chi connectivity index (χ1) is 12.1. The van der Waals surface area contributed by atoms with E-state index in [4.69, 9.17) is 4.74 Å². The molecule has 0 saturated carbocycles. The standard InChI is InChI=1S/C19H29N3O3/c1-4-6-7-18(23)20-16-14-15(19(24)25-3)8-9-17(16)22-12-10-21(5-2)11-13-22/h8-9,14H,4-7,10-13H2,1-3H3,(H,20,23)/p+1. The van der Waals surface area contributed by atoms with E-state index in [1.165, 1.54) is 7.11 Å². The summed E-state index contributed by atoms with van der Waals surface area (Å²) in [5.74, 6) is -0.404. The number of anilines is 2. The zero-order valence-corrected chi connectivity index (χ0v) is 15.6. The molecule has 25 heavy (non-hydrogen) atoms. The van der Waals surface area contributed by atoms with Crippen molar-refractivity contribution in [2.24, 2.45) is 0 Å². The number of ether oxygens (including phenoxy) is 1. The second-order valence-corrected chi connectivity index (χ2v) is 6.47. The van der Waals surface area contributed by atoms with Gasteiger partial charge in [-0.05, 0) is 31.5 Å². The van der Waals surface area contributed by atoms with Crippen LogP contribution >= 0.6 is 0 Å². The van der Waals surface area contributed by atoms with Gasteiger partial charge in [0.2, 0.25) is 5.91 Å². The molecule has 2 rings (SSSR count). The summed E-state index contributed by atoms with van der Waals surface area (Å²) in [5.41, 5.74) is 2.13. The Kier molecular flexibility index (Phi) is 7.25. The second-order valence-electron chi connectivity index (χ2n) is 6.47. The molecule has 1 amide bonds. The van der Waals surface area contributed by atoms with Crippen LogP contribution in [0.5, 0.6) is 0 Å². The Bertz CT molecular complexity index is 596. The number of rotatable bonds is 7. The fourth-order valence-electron chi connectivity index (χ4n) is 3.12. The lowest BCUT2D eigenvalue weighted by Gasteiger charge is -2.34. The summed E-state index contributed by atoms with van der Waals surface area (Å²) in [6.07, 6.45) is 2.33. The highest BCUT2D eigenvalue weighted by atomic mass is 16.5. The van der Waals surface area contributed by atoms with Crippen LogP contribution in [0.25, 0.3) is 0 Å². The summed E-state index contributed by atoms with van der Waals surface area (Å²) in [4.78, 5) is 27.9. The number of likely N-dealkylation sites (N-methyl/N-ethyl adjacent to an activating group) is 1. The van der Waals surface area contributed by atoms with Crippen LogP contribution in [-0.4, -0.2) is 51.7 Å². The zero-order chi connectivity index (χ0) is 18.2. The van der Waals surface area contributed by atoms with Crippen LogP contribution in [0.4, 0.5) is 11.4 Å². The number of carbonyl (C=O) groups excluding carboxylic acids is 2. The van der Waals surface area contributed by atoms with Crippen molar-refractivity contribution in [1.82, 2.24) is 0 Å². The molecule has 138 valence electrons. The van der Waals surface area contributed by atoms with E-state index >= 15 is 0 Å². The Morgan fingerprint density at radius 1 is 1.24 bits per heavy atom. The lowest BCUT2D eigenvalue weighted by molar-refractivity contribution is -0.898. The zero-order valence-electron chi connectivity index (χ0n) is 15.6. The molecule has 6 nitrogen and oxygen atoms in total. The van der Waals surface area contributed by atoms with Crippen LogP contribution in [0.15, 0.2) is 18.2 Å². The third kappa shape index (κ3) is 5.19. The van der Waals surface area contributed by atoms with Crippen LogP contribution in [-0.2, 0) is 9.53 Å². The van der Waals surface area contributed by atoms with E-state index in [0.717, 1.165) is 51.3 Å². The van der Waals surface area contributed by atoms with Crippen molar-refractivity contribution >= 4 is 23.3 Å². The van der Waals surface area contributed by atoms with Crippen LogP contribution in [0, 0.1) is 0 Å². The SMILES string of the molecule is CCCCC(=O)Nc1cc(C(=O)OC)ccc1N1CC[NH+](CC)CC1. The molecular weight excluding hydrogens is 318 g/mol. The number of hydrogen-bond acceptors (Lipinski definition) is 4. The number of unbranched alkanes of at least 4 members (excludes halogenated alkanes) is 1. The van der Waals surface area contributed by atoms with E-state index in [9.17, 15) is 9.59 Å². The van der Waals surface area contributed by atoms with Crippen molar-refractivity contribution in [3.05, 3.63) is 23.8 Å². The third-order valence-corrected chi connectivity index (χ3v) is 4.76. The van der Waals surface area contributed by atoms with Gasteiger partial charge in [-0.3, -0.25) is 4.79 Å². The van der Waals surface area contributed by atoms with Gasteiger partial charge in [0.05, 0.1) is 56.8 Å². The summed E-state index contributed by atoms with van der Waals surface area (Å²) in [6.45, 7) is 9.45. The molecule has 2 N–H and O–H groups in total. The summed E-state index contributed by atoms with van der Waals surface area (Å²) < 4.78 is 4.81. The topological polar surface area (TPSA) is 63.1 Å². The number of nitrogens with one attached hydrogen (secondary N) is 2.